The van der Waals surface area contributed by atoms with E-state index in [2.05, 4.69) is 35.9 Å². The predicted octanol–water partition coefficient (Wildman–Crippen LogP) is -1.15. The number of imidazole rings is 2. The van der Waals surface area contributed by atoms with E-state index in [-0.39, 0.29) is 18.8 Å². The van der Waals surface area contributed by atoms with Gasteiger partial charge in [0.25, 0.3) is 0 Å². The largest absolute Gasteiger partial charge is 0.480 e. The van der Waals surface area contributed by atoms with Crippen molar-refractivity contribution >= 4 is 23.7 Å². The summed E-state index contributed by atoms with van der Waals surface area (Å²) in [5.74, 6) is -2.84. The number of aliphatic carboxylic acids is 1. The first kappa shape index (κ1) is 26.5. The molecule has 0 spiro atoms. The minimum Gasteiger partial charge on any atom is -0.480 e. The number of carboxylic acid groups (broad SMARTS) is 1. The number of carboxylic acids is 1. The van der Waals surface area contributed by atoms with Crippen LogP contribution in [0.4, 0.5) is 0 Å². The van der Waals surface area contributed by atoms with E-state index < -0.39 is 47.9 Å². The Kier molecular flexibility index (Phi) is 9.74. The molecule has 0 aliphatic rings. The van der Waals surface area contributed by atoms with Gasteiger partial charge >= 0.3 is 5.97 Å². The van der Waals surface area contributed by atoms with Crippen LogP contribution in [0.2, 0.25) is 0 Å². The van der Waals surface area contributed by atoms with Gasteiger partial charge in [-0.05, 0) is 19.3 Å². The highest BCUT2D eigenvalue weighted by Gasteiger charge is 2.29. The Morgan fingerprint density at radius 2 is 1.41 bits per heavy atom. The van der Waals surface area contributed by atoms with Crippen molar-refractivity contribution in [3.8, 4) is 0 Å². The molecule has 0 fully saturated rings. The minimum atomic E-state index is -1.25. The zero-order valence-electron chi connectivity index (χ0n) is 19.4. The Balaban J connectivity index is 2.07. The molecule has 0 radical (unpaired) electrons. The first-order valence-corrected chi connectivity index (χ1v) is 10.9. The highest BCUT2D eigenvalue weighted by molar-refractivity contribution is 5.94. The topological polar surface area (TPSA) is 208 Å². The van der Waals surface area contributed by atoms with Gasteiger partial charge in [0.2, 0.25) is 17.7 Å². The average Bonchev–Trinajstić information content (AvgIpc) is 3.46. The van der Waals surface area contributed by atoms with E-state index in [4.69, 9.17) is 5.73 Å². The fourth-order valence-corrected chi connectivity index (χ4v) is 3.21. The first-order chi connectivity index (χ1) is 16.1. The molecular formula is C21H32N8O5. The molecule has 186 valence electrons. The molecule has 0 aromatic carbocycles. The Morgan fingerprint density at radius 1 is 0.882 bits per heavy atom. The van der Waals surface area contributed by atoms with Gasteiger partial charge in [-0.2, -0.15) is 0 Å². The smallest absolute Gasteiger partial charge is 0.326 e. The van der Waals surface area contributed by atoms with Crippen molar-refractivity contribution < 1.29 is 24.3 Å². The summed E-state index contributed by atoms with van der Waals surface area (Å²) < 4.78 is 0. The number of carbonyl (C=O) groups excluding carboxylic acids is 3. The molecule has 0 saturated carbocycles. The summed E-state index contributed by atoms with van der Waals surface area (Å²) in [5.41, 5.74) is 6.94. The standard InChI is InChI=1S/C21H32N8O5/c1-11(2)4-15(22)19(31)27-12(3)18(30)28-16(5-13-7-23-9-25-13)20(32)29-17(21(33)34)6-14-8-24-10-26-14/h7-12,15-17H,4-6,22H2,1-3H3,(H,23,25)(H,24,26)(H,27,31)(H,28,30)(H,29,32)(H,33,34). The van der Waals surface area contributed by atoms with Crippen LogP contribution < -0.4 is 21.7 Å². The van der Waals surface area contributed by atoms with Gasteiger partial charge in [-0.3, -0.25) is 14.4 Å². The maximum atomic E-state index is 13.0. The van der Waals surface area contributed by atoms with Gasteiger partial charge < -0.3 is 36.8 Å². The third-order valence-corrected chi connectivity index (χ3v) is 5.02. The quantitative estimate of drug-likeness (QED) is 0.187. The predicted molar refractivity (Wildman–Crippen MR) is 121 cm³/mol. The molecule has 2 rings (SSSR count). The summed E-state index contributed by atoms with van der Waals surface area (Å²) >= 11 is 0. The number of nitrogens with zero attached hydrogens (tertiary/aromatic N) is 2. The first-order valence-electron chi connectivity index (χ1n) is 10.9. The van der Waals surface area contributed by atoms with Crippen LogP contribution in [0.25, 0.3) is 0 Å². The fourth-order valence-electron chi connectivity index (χ4n) is 3.21. The number of nitrogens with two attached hydrogens (primary N) is 1. The molecule has 3 amide bonds. The van der Waals surface area contributed by atoms with E-state index in [0.29, 0.717) is 17.8 Å². The second-order valence-corrected chi connectivity index (χ2v) is 8.49. The monoisotopic (exact) mass is 476 g/mol. The Hall–Kier alpha value is -3.74. The van der Waals surface area contributed by atoms with Crippen molar-refractivity contribution in [1.29, 1.82) is 0 Å². The van der Waals surface area contributed by atoms with Crippen molar-refractivity contribution in [3.63, 3.8) is 0 Å². The van der Waals surface area contributed by atoms with Crippen molar-refractivity contribution in [2.24, 2.45) is 11.7 Å². The molecule has 2 aromatic rings. The molecule has 2 heterocycles. The number of aromatic nitrogens is 4. The molecule has 8 N–H and O–H groups in total. The summed E-state index contributed by atoms with van der Waals surface area (Å²) in [5, 5.41) is 17.1. The van der Waals surface area contributed by atoms with Crippen LogP contribution in [0.5, 0.6) is 0 Å². The van der Waals surface area contributed by atoms with E-state index in [1.165, 1.54) is 32.0 Å². The molecule has 13 nitrogen and oxygen atoms in total. The van der Waals surface area contributed by atoms with E-state index >= 15 is 0 Å². The Morgan fingerprint density at radius 3 is 1.88 bits per heavy atom. The highest BCUT2D eigenvalue weighted by Crippen LogP contribution is 2.05. The van der Waals surface area contributed by atoms with E-state index in [1.54, 1.807) is 0 Å². The van der Waals surface area contributed by atoms with Crippen LogP contribution in [0, 0.1) is 5.92 Å². The van der Waals surface area contributed by atoms with Gasteiger partial charge in [0.1, 0.15) is 18.1 Å². The third kappa shape index (κ3) is 8.31. The maximum Gasteiger partial charge on any atom is 0.326 e. The molecule has 0 aliphatic carbocycles. The third-order valence-electron chi connectivity index (χ3n) is 5.02. The van der Waals surface area contributed by atoms with Crippen LogP contribution in [0.1, 0.15) is 38.6 Å². The van der Waals surface area contributed by atoms with Crippen molar-refractivity contribution in [3.05, 3.63) is 36.4 Å². The highest BCUT2D eigenvalue weighted by atomic mass is 16.4. The average molecular weight is 477 g/mol. The van der Waals surface area contributed by atoms with E-state index in [9.17, 15) is 24.3 Å². The number of hydrogen-bond acceptors (Lipinski definition) is 7. The summed E-state index contributed by atoms with van der Waals surface area (Å²) in [7, 11) is 0. The maximum absolute atomic E-state index is 13.0. The van der Waals surface area contributed by atoms with Crippen molar-refractivity contribution in [2.75, 3.05) is 0 Å². The van der Waals surface area contributed by atoms with Gasteiger partial charge in [-0.1, -0.05) is 13.8 Å². The molecule has 2 aromatic heterocycles. The minimum absolute atomic E-state index is 0.0218. The molecule has 0 aliphatic heterocycles. The van der Waals surface area contributed by atoms with Gasteiger partial charge in [-0.25, -0.2) is 14.8 Å². The zero-order valence-corrected chi connectivity index (χ0v) is 19.4. The molecule has 34 heavy (non-hydrogen) atoms. The lowest BCUT2D eigenvalue weighted by atomic mass is 10.0. The van der Waals surface area contributed by atoms with Crippen LogP contribution >= 0.6 is 0 Å². The SMILES string of the molecule is CC(C)CC(N)C(=O)NC(C)C(=O)NC(Cc1cnc[nH]1)C(=O)NC(Cc1cnc[nH]1)C(=O)O. The summed E-state index contributed by atoms with van der Waals surface area (Å²) in [6.45, 7) is 5.33. The molecule has 0 saturated heterocycles. The van der Waals surface area contributed by atoms with E-state index in [0.717, 1.165) is 0 Å². The fraction of sp³-hybridized carbons (Fsp3) is 0.524. The number of H-pyrrole nitrogens is 2. The lowest BCUT2D eigenvalue weighted by molar-refractivity contribution is -0.142. The number of carbonyl (C=O) groups is 4. The second-order valence-electron chi connectivity index (χ2n) is 8.49. The number of nitrogens with one attached hydrogen (secondary N) is 5. The number of rotatable bonds is 13. The Bertz CT molecular complexity index is 945. The number of amides is 3. The van der Waals surface area contributed by atoms with Gasteiger partial charge in [-0.15, -0.1) is 0 Å². The molecule has 13 heteroatoms. The van der Waals surface area contributed by atoms with Crippen LogP contribution in [0.3, 0.4) is 0 Å². The summed E-state index contributed by atoms with van der Waals surface area (Å²) in [4.78, 5) is 63.0. The van der Waals surface area contributed by atoms with Gasteiger partial charge in [0.15, 0.2) is 0 Å². The summed E-state index contributed by atoms with van der Waals surface area (Å²) in [6, 6.07) is -4.11. The number of aromatic amines is 2. The van der Waals surface area contributed by atoms with Crippen LogP contribution in [0.15, 0.2) is 25.0 Å². The molecule has 4 atom stereocenters. The molecule has 4 unspecified atom stereocenters. The normalized spacial score (nSPS) is 14.6. The zero-order chi connectivity index (χ0) is 25.3. The Labute approximate surface area is 196 Å². The summed E-state index contributed by atoms with van der Waals surface area (Å²) in [6.07, 6.45) is 6.23. The lowest BCUT2D eigenvalue weighted by Crippen LogP contribution is -2.57. The molecular weight excluding hydrogens is 444 g/mol. The number of hydrogen-bond donors (Lipinski definition) is 7. The van der Waals surface area contributed by atoms with Crippen molar-refractivity contribution in [2.45, 2.75) is 64.2 Å². The van der Waals surface area contributed by atoms with Crippen LogP contribution in [-0.2, 0) is 32.0 Å². The van der Waals surface area contributed by atoms with Gasteiger partial charge in [0.05, 0.1) is 18.7 Å². The lowest BCUT2D eigenvalue weighted by Gasteiger charge is -2.23. The second kappa shape index (κ2) is 12.5. The molecule has 0 bridgehead atoms. The van der Waals surface area contributed by atoms with Gasteiger partial charge in [0, 0.05) is 36.6 Å². The van der Waals surface area contributed by atoms with E-state index in [1.807, 2.05) is 13.8 Å². The van der Waals surface area contributed by atoms with Crippen LogP contribution in [-0.4, -0.2) is 72.9 Å². The van der Waals surface area contributed by atoms with Crippen molar-refractivity contribution in [1.82, 2.24) is 35.9 Å².